The molecule has 0 unspecified atom stereocenters. The van der Waals surface area contributed by atoms with Crippen molar-refractivity contribution in [1.82, 2.24) is 15.1 Å². The van der Waals surface area contributed by atoms with Crippen molar-refractivity contribution in [1.29, 1.82) is 0 Å². The van der Waals surface area contributed by atoms with Gasteiger partial charge in [0.05, 0.1) is 0 Å². The van der Waals surface area contributed by atoms with Crippen LogP contribution in [0.2, 0.25) is 0 Å². The van der Waals surface area contributed by atoms with Crippen LogP contribution >= 0.6 is 0 Å². The lowest BCUT2D eigenvalue weighted by Crippen LogP contribution is -2.53. The molecule has 0 amide bonds. The highest BCUT2D eigenvalue weighted by Crippen LogP contribution is 2.31. The quantitative estimate of drug-likeness (QED) is 0.765. The normalized spacial score (nSPS) is 24.9. The second-order valence-electron chi connectivity index (χ2n) is 6.51. The van der Waals surface area contributed by atoms with E-state index in [4.69, 9.17) is 4.74 Å². The van der Waals surface area contributed by atoms with E-state index in [1.165, 1.54) is 58.5 Å². The summed E-state index contributed by atoms with van der Waals surface area (Å²) in [6.45, 7) is 16.1. The zero-order valence-corrected chi connectivity index (χ0v) is 13.5. The Morgan fingerprint density at radius 2 is 1.65 bits per heavy atom. The Labute approximate surface area is 124 Å². The van der Waals surface area contributed by atoms with Crippen molar-refractivity contribution in [2.75, 3.05) is 65.6 Å². The van der Waals surface area contributed by atoms with Gasteiger partial charge >= 0.3 is 0 Å². The van der Waals surface area contributed by atoms with Crippen LogP contribution in [0.15, 0.2) is 0 Å². The third kappa shape index (κ3) is 4.69. The van der Waals surface area contributed by atoms with E-state index < -0.39 is 0 Å². The first-order chi connectivity index (χ1) is 9.78. The van der Waals surface area contributed by atoms with Crippen LogP contribution in [0.25, 0.3) is 0 Å². The van der Waals surface area contributed by atoms with Gasteiger partial charge in [0.2, 0.25) is 0 Å². The van der Waals surface area contributed by atoms with Crippen molar-refractivity contribution in [2.24, 2.45) is 5.41 Å². The summed E-state index contributed by atoms with van der Waals surface area (Å²) in [5, 5.41) is 3.58. The van der Waals surface area contributed by atoms with Crippen molar-refractivity contribution in [2.45, 2.75) is 33.1 Å². The van der Waals surface area contributed by atoms with Gasteiger partial charge < -0.3 is 19.9 Å². The predicted octanol–water partition coefficient (Wildman–Crippen LogP) is 1.42. The van der Waals surface area contributed by atoms with Crippen molar-refractivity contribution >= 4 is 0 Å². The second kappa shape index (κ2) is 8.32. The molecule has 0 atom stereocenters. The summed E-state index contributed by atoms with van der Waals surface area (Å²) in [5.74, 6) is 0. The Morgan fingerprint density at radius 3 is 2.25 bits per heavy atom. The molecule has 20 heavy (non-hydrogen) atoms. The molecule has 0 aromatic rings. The third-order valence-electron chi connectivity index (χ3n) is 4.87. The summed E-state index contributed by atoms with van der Waals surface area (Å²) >= 11 is 0. The zero-order chi connectivity index (χ0) is 14.3. The number of nitrogens with one attached hydrogen (secondary N) is 1. The van der Waals surface area contributed by atoms with Gasteiger partial charge in [-0.25, -0.2) is 0 Å². The van der Waals surface area contributed by atoms with E-state index in [1.807, 2.05) is 0 Å². The van der Waals surface area contributed by atoms with E-state index in [2.05, 4.69) is 29.0 Å². The van der Waals surface area contributed by atoms with Crippen LogP contribution in [-0.4, -0.2) is 75.4 Å². The topological polar surface area (TPSA) is 27.7 Å². The summed E-state index contributed by atoms with van der Waals surface area (Å²) in [6.07, 6.45) is 3.71. The molecule has 1 N–H and O–H groups in total. The van der Waals surface area contributed by atoms with Gasteiger partial charge in [-0.3, -0.25) is 0 Å². The van der Waals surface area contributed by atoms with Crippen molar-refractivity contribution < 1.29 is 4.74 Å². The lowest BCUT2D eigenvalue weighted by Gasteiger charge is -2.44. The molecular weight excluding hydrogens is 250 g/mol. The fourth-order valence-electron chi connectivity index (χ4n) is 3.55. The summed E-state index contributed by atoms with van der Waals surface area (Å²) in [5.41, 5.74) is 0.446. The molecule has 0 aliphatic carbocycles. The van der Waals surface area contributed by atoms with Gasteiger partial charge in [0.1, 0.15) is 0 Å². The SMILES string of the molecule is CCCN1CCN(CC2(CNCC)CCOCC2)CC1. The summed E-state index contributed by atoms with van der Waals surface area (Å²) in [7, 11) is 0. The van der Waals surface area contributed by atoms with Gasteiger partial charge in [0.15, 0.2) is 0 Å². The average molecular weight is 283 g/mol. The molecule has 0 radical (unpaired) electrons. The monoisotopic (exact) mass is 283 g/mol. The van der Waals surface area contributed by atoms with Crippen LogP contribution < -0.4 is 5.32 Å². The molecule has 0 aromatic carbocycles. The number of piperazine rings is 1. The van der Waals surface area contributed by atoms with Crippen LogP contribution in [0.4, 0.5) is 0 Å². The molecule has 4 nitrogen and oxygen atoms in total. The van der Waals surface area contributed by atoms with E-state index in [0.29, 0.717) is 5.41 Å². The molecule has 0 bridgehead atoms. The first kappa shape index (κ1) is 16.2. The Hall–Kier alpha value is -0.160. The molecule has 2 saturated heterocycles. The van der Waals surface area contributed by atoms with Crippen molar-refractivity contribution in [3.63, 3.8) is 0 Å². The first-order valence-electron chi connectivity index (χ1n) is 8.51. The highest BCUT2D eigenvalue weighted by atomic mass is 16.5. The van der Waals surface area contributed by atoms with Gasteiger partial charge in [-0.15, -0.1) is 0 Å². The van der Waals surface area contributed by atoms with Crippen molar-refractivity contribution in [3.8, 4) is 0 Å². The number of rotatable bonds is 7. The Bertz CT molecular complexity index is 258. The average Bonchev–Trinajstić information content (AvgIpc) is 2.49. The van der Waals surface area contributed by atoms with Crippen molar-refractivity contribution in [3.05, 3.63) is 0 Å². The first-order valence-corrected chi connectivity index (χ1v) is 8.51. The van der Waals surface area contributed by atoms with E-state index in [1.54, 1.807) is 0 Å². The van der Waals surface area contributed by atoms with Gasteiger partial charge in [-0.05, 0) is 37.8 Å². The minimum absolute atomic E-state index is 0.446. The molecule has 0 spiro atoms. The van der Waals surface area contributed by atoms with Crippen LogP contribution in [-0.2, 0) is 4.74 Å². The highest BCUT2D eigenvalue weighted by molar-refractivity contribution is 4.88. The molecule has 2 fully saturated rings. The molecule has 0 saturated carbocycles. The smallest absolute Gasteiger partial charge is 0.0472 e. The summed E-state index contributed by atoms with van der Waals surface area (Å²) < 4.78 is 5.59. The lowest BCUT2D eigenvalue weighted by molar-refractivity contribution is -0.0121. The number of hydrogen-bond acceptors (Lipinski definition) is 4. The lowest BCUT2D eigenvalue weighted by atomic mass is 9.79. The Morgan fingerprint density at radius 1 is 1.00 bits per heavy atom. The van der Waals surface area contributed by atoms with E-state index in [9.17, 15) is 0 Å². The molecule has 2 heterocycles. The van der Waals surface area contributed by atoms with Gasteiger partial charge in [0.25, 0.3) is 0 Å². The predicted molar refractivity (Wildman–Crippen MR) is 84.2 cm³/mol. The van der Waals surface area contributed by atoms with Gasteiger partial charge in [0, 0.05) is 52.5 Å². The number of ether oxygens (including phenoxy) is 1. The van der Waals surface area contributed by atoms with Crippen LogP contribution in [0.5, 0.6) is 0 Å². The standard InChI is InChI=1S/C16H33N3O/c1-3-7-18-8-10-19(11-9-18)15-16(14-17-4-2)5-12-20-13-6-16/h17H,3-15H2,1-2H3. The third-order valence-corrected chi connectivity index (χ3v) is 4.87. The molecular formula is C16H33N3O. The van der Waals surface area contributed by atoms with Crippen LogP contribution in [0.1, 0.15) is 33.1 Å². The molecule has 2 rings (SSSR count). The summed E-state index contributed by atoms with van der Waals surface area (Å²) in [4.78, 5) is 5.30. The molecule has 0 aromatic heterocycles. The minimum atomic E-state index is 0.446. The fraction of sp³-hybridized carbons (Fsp3) is 1.00. The van der Waals surface area contributed by atoms with E-state index >= 15 is 0 Å². The maximum Gasteiger partial charge on any atom is 0.0472 e. The second-order valence-corrected chi connectivity index (χ2v) is 6.51. The maximum atomic E-state index is 5.59. The maximum absolute atomic E-state index is 5.59. The largest absolute Gasteiger partial charge is 0.381 e. The number of hydrogen-bond donors (Lipinski definition) is 1. The van der Waals surface area contributed by atoms with Gasteiger partial charge in [-0.1, -0.05) is 13.8 Å². The molecule has 2 aliphatic rings. The molecule has 4 heteroatoms. The van der Waals surface area contributed by atoms with E-state index in [0.717, 1.165) is 26.3 Å². The number of nitrogens with zero attached hydrogens (tertiary/aromatic N) is 2. The van der Waals surface area contributed by atoms with Crippen LogP contribution in [0, 0.1) is 5.41 Å². The zero-order valence-electron chi connectivity index (χ0n) is 13.5. The van der Waals surface area contributed by atoms with Crippen LogP contribution in [0.3, 0.4) is 0 Å². The van der Waals surface area contributed by atoms with Gasteiger partial charge in [-0.2, -0.15) is 0 Å². The molecule has 2 aliphatic heterocycles. The summed E-state index contributed by atoms with van der Waals surface area (Å²) in [6, 6.07) is 0. The Balaban J connectivity index is 1.82. The highest BCUT2D eigenvalue weighted by Gasteiger charge is 2.34. The Kier molecular flexibility index (Phi) is 6.75. The fourth-order valence-corrected chi connectivity index (χ4v) is 3.55. The van der Waals surface area contributed by atoms with E-state index in [-0.39, 0.29) is 0 Å². The minimum Gasteiger partial charge on any atom is -0.381 e. The molecule has 118 valence electrons.